The number of thiophene rings is 1. The standard InChI is InChI=1S/C16H12FN3O2S2/c17-11-4-1-2-5-12(11)19-14(21)8-10-9-24-16(18-10)20-15(22)13-6-3-7-23-13/h1-7,9H,8H2,(H,19,21)(H,18,20,22). The zero-order valence-corrected chi connectivity index (χ0v) is 13.9. The first-order chi connectivity index (χ1) is 11.6. The molecule has 0 aliphatic carbocycles. The van der Waals surface area contributed by atoms with E-state index in [9.17, 15) is 14.0 Å². The number of nitrogens with one attached hydrogen (secondary N) is 2. The van der Waals surface area contributed by atoms with Gasteiger partial charge in [-0.2, -0.15) is 0 Å². The molecule has 0 spiro atoms. The number of anilines is 2. The van der Waals surface area contributed by atoms with Crippen LogP contribution >= 0.6 is 22.7 Å². The molecule has 2 heterocycles. The van der Waals surface area contributed by atoms with Crippen molar-refractivity contribution in [3.05, 3.63) is 63.5 Å². The van der Waals surface area contributed by atoms with Crippen molar-refractivity contribution in [2.45, 2.75) is 6.42 Å². The number of amides is 2. The fourth-order valence-electron chi connectivity index (χ4n) is 1.93. The van der Waals surface area contributed by atoms with Crippen LogP contribution < -0.4 is 10.6 Å². The largest absolute Gasteiger partial charge is 0.323 e. The van der Waals surface area contributed by atoms with Crippen LogP contribution in [0.25, 0.3) is 0 Å². The van der Waals surface area contributed by atoms with Gasteiger partial charge >= 0.3 is 0 Å². The predicted octanol–water partition coefficient (Wildman–Crippen LogP) is 3.78. The maximum absolute atomic E-state index is 13.5. The molecule has 2 aromatic heterocycles. The average molecular weight is 361 g/mol. The van der Waals surface area contributed by atoms with E-state index in [2.05, 4.69) is 15.6 Å². The van der Waals surface area contributed by atoms with Gasteiger partial charge < -0.3 is 5.32 Å². The van der Waals surface area contributed by atoms with Gasteiger partial charge in [0.1, 0.15) is 5.82 Å². The highest BCUT2D eigenvalue weighted by molar-refractivity contribution is 7.14. The number of thiazole rings is 1. The number of nitrogens with zero attached hydrogens (tertiary/aromatic N) is 1. The lowest BCUT2D eigenvalue weighted by Crippen LogP contribution is -2.15. The van der Waals surface area contributed by atoms with Crippen LogP contribution in [0.2, 0.25) is 0 Å². The molecule has 0 radical (unpaired) electrons. The fourth-order valence-corrected chi connectivity index (χ4v) is 3.26. The van der Waals surface area contributed by atoms with Crippen molar-refractivity contribution in [3.63, 3.8) is 0 Å². The van der Waals surface area contributed by atoms with Crippen molar-refractivity contribution < 1.29 is 14.0 Å². The monoisotopic (exact) mass is 361 g/mol. The van der Waals surface area contributed by atoms with Crippen molar-refractivity contribution >= 4 is 45.3 Å². The van der Waals surface area contributed by atoms with Crippen LogP contribution in [0, 0.1) is 5.82 Å². The molecule has 0 atom stereocenters. The van der Waals surface area contributed by atoms with Crippen LogP contribution in [0.5, 0.6) is 0 Å². The number of benzene rings is 1. The Kier molecular flexibility index (Phi) is 4.97. The van der Waals surface area contributed by atoms with Crippen molar-refractivity contribution in [1.29, 1.82) is 0 Å². The summed E-state index contributed by atoms with van der Waals surface area (Å²) < 4.78 is 13.5. The number of para-hydroxylation sites is 1. The number of aromatic nitrogens is 1. The first kappa shape index (κ1) is 16.3. The molecule has 0 aliphatic heterocycles. The third-order valence-electron chi connectivity index (χ3n) is 3.01. The SMILES string of the molecule is O=C(Cc1csc(NC(=O)c2cccs2)n1)Nc1ccccc1F. The normalized spacial score (nSPS) is 10.4. The molecule has 0 saturated heterocycles. The molecule has 0 saturated carbocycles. The molecule has 5 nitrogen and oxygen atoms in total. The number of hydrogen-bond acceptors (Lipinski definition) is 5. The summed E-state index contributed by atoms with van der Waals surface area (Å²) in [5, 5.41) is 9.10. The molecule has 24 heavy (non-hydrogen) atoms. The Morgan fingerprint density at radius 2 is 1.92 bits per heavy atom. The highest BCUT2D eigenvalue weighted by Crippen LogP contribution is 2.19. The molecule has 122 valence electrons. The van der Waals surface area contributed by atoms with Gasteiger partial charge in [-0.05, 0) is 23.6 Å². The van der Waals surface area contributed by atoms with Crippen LogP contribution in [0.1, 0.15) is 15.4 Å². The zero-order chi connectivity index (χ0) is 16.9. The third-order valence-corrected chi connectivity index (χ3v) is 4.68. The van der Waals surface area contributed by atoms with Gasteiger partial charge in [0.15, 0.2) is 5.13 Å². The van der Waals surface area contributed by atoms with Crippen LogP contribution in [-0.2, 0) is 11.2 Å². The van der Waals surface area contributed by atoms with Gasteiger partial charge in [-0.1, -0.05) is 18.2 Å². The Morgan fingerprint density at radius 3 is 2.67 bits per heavy atom. The lowest BCUT2D eigenvalue weighted by atomic mass is 10.2. The van der Waals surface area contributed by atoms with Gasteiger partial charge in [0, 0.05) is 5.38 Å². The lowest BCUT2D eigenvalue weighted by molar-refractivity contribution is -0.115. The second-order valence-electron chi connectivity index (χ2n) is 4.78. The summed E-state index contributed by atoms with van der Waals surface area (Å²) in [6.07, 6.45) is -0.000291. The van der Waals surface area contributed by atoms with E-state index in [1.54, 1.807) is 29.6 Å². The summed E-state index contributed by atoms with van der Waals surface area (Å²) in [7, 11) is 0. The second-order valence-corrected chi connectivity index (χ2v) is 6.59. The number of carbonyl (C=O) groups excluding carboxylic acids is 2. The van der Waals surface area contributed by atoms with Gasteiger partial charge in [-0.3, -0.25) is 14.9 Å². The molecule has 2 N–H and O–H groups in total. The Labute approximate surface area is 145 Å². The molecule has 0 unspecified atom stereocenters. The topological polar surface area (TPSA) is 71.1 Å². The molecule has 8 heteroatoms. The number of hydrogen-bond donors (Lipinski definition) is 2. The third kappa shape index (κ3) is 4.03. The van der Waals surface area contributed by atoms with Crippen LogP contribution in [0.15, 0.2) is 47.2 Å². The minimum absolute atomic E-state index is 0.000291. The van der Waals surface area contributed by atoms with Crippen molar-refractivity contribution in [2.75, 3.05) is 10.6 Å². The van der Waals surface area contributed by atoms with Crippen LogP contribution in [0.4, 0.5) is 15.2 Å². The molecule has 3 aromatic rings. The summed E-state index contributed by atoms with van der Waals surface area (Å²) in [4.78, 5) is 28.7. The Morgan fingerprint density at radius 1 is 1.08 bits per heavy atom. The average Bonchev–Trinajstić information content (AvgIpc) is 3.21. The van der Waals surface area contributed by atoms with Crippen molar-refractivity contribution in [3.8, 4) is 0 Å². The van der Waals surface area contributed by atoms with E-state index < -0.39 is 5.82 Å². The van der Waals surface area contributed by atoms with Crippen LogP contribution in [-0.4, -0.2) is 16.8 Å². The predicted molar refractivity (Wildman–Crippen MR) is 93.1 cm³/mol. The molecular formula is C16H12FN3O2S2. The molecule has 2 amide bonds. The summed E-state index contributed by atoms with van der Waals surface area (Å²) in [6, 6.07) is 9.46. The van der Waals surface area contributed by atoms with Crippen molar-refractivity contribution in [2.24, 2.45) is 0 Å². The molecule has 0 fully saturated rings. The van der Waals surface area contributed by atoms with E-state index >= 15 is 0 Å². The van der Waals surface area contributed by atoms with Gasteiger partial charge in [0.25, 0.3) is 5.91 Å². The smallest absolute Gasteiger partial charge is 0.267 e. The number of halogens is 1. The number of carbonyl (C=O) groups is 2. The first-order valence-corrected chi connectivity index (χ1v) is 8.71. The minimum atomic E-state index is -0.493. The van der Waals surface area contributed by atoms with Gasteiger partial charge in [0.05, 0.1) is 22.7 Å². The molecule has 0 aliphatic rings. The second kappa shape index (κ2) is 7.33. The quantitative estimate of drug-likeness (QED) is 0.726. The fraction of sp³-hybridized carbons (Fsp3) is 0.0625. The summed E-state index contributed by atoms with van der Waals surface area (Å²) in [5.41, 5.74) is 0.638. The van der Waals surface area contributed by atoms with E-state index in [-0.39, 0.29) is 23.9 Å². The van der Waals surface area contributed by atoms with Gasteiger partial charge in [-0.15, -0.1) is 22.7 Å². The van der Waals surface area contributed by atoms with Gasteiger partial charge in [-0.25, -0.2) is 9.37 Å². The van der Waals surface area contributed by atoms with E-state index in [0.29, 0.717) is 15.7 Å². The summed E-state index contributed by atoms with van der Waals surface area (Å²) in [6.45, 7) is 0. The van der Waals surface area contributed by atoms with E-state index in [1.807, 2.05) is 5.38 Å². The molecule has 1 aromatic carbocycles. The van der Waals surface area contributed by atoms with Crippen molar-refractivity contribution in [1.82, 2.24) is 4.98 Å². The van der Waals surface area contributed by atoms with E-state index in [1.165, 1.54) is 34.8 Å². The lowest BCUT2D eigenvalue weighted by Gasteiger charge is -2.04. The Bertz CT molecular complexity index is 862. The number of rotatable bonds is 5. The summed E-state index contributed by atoms with van der Waals surface area (Å²) >= 11 is 2.57. The highest BCUT2D eigenvalue weighted by atomic mass is 32.1. The maximum atomic E-state index is 13.5. The zero-order valence-electron chi connectivity index (χ0n) is 12.3. The highest BCUT2D eigenvalue weighted by Gasteiger charge is 2.12. The minimum Gasteiger partial charge on any atom is -0.323 e. The summed E-state index contributed by atoms with van der Waals surface area (Å²) in [5.74, 6) is -1.10. The molecule has 0 bridgehead atoms. The first-order valence-electron chi connectivity index (χ1n) is 6.95. The van der Waals surface area contributed by atoms with E-state index in [4.69, 9.17) is 0 Å². The maximum Gasteiger partial charge on any atom is 0.267 e. The Balaban J connectivity index is 1.58. The van der Waals surface area contributed by atoms with E-state index in [0.717, 1.165) is 0 Å². The molecule has 3 rings (SSSR count). The van der Waals surface area contributed by atoms with Crippen LogP contribution in [0.3, 0.4) is 0 Å². The van der Waals surface area contributed by atoms with Gasteiger partial charge in [0.2, 0.25) is 5.91 Å². The molecular weight excluding hydrogens is 349 g/mol. The Hall–Kier alpha value is -2.58.